The van der Waals surface area contributed by atoms with Crippen LogP contribution in [0.2, 0.25) is 10.0 Å². The fraction of sp³-hybridized carbons (Fsp3) is 0.222. The van der Waals surface area contributed by atoms with Crippen LogP contribution in [0.5, 0.6) is 5.75 Å². The Kier molecular flexibility index (Phi) is 4.05. The average molecular weight is 250 g/mol. The summed E-state index contributed by atoms with van der Waals surface area (Å²) in [6.07, 6.45) is 0. The van der Waals surface area contributed by atoms with Gasteiger partial charge >= 0.3 is 5.97 Å². The SMILES string of the molecule is COC(=O)COc1c(Cl)cc(N)cc1Cl. The monoisotopic (exact) mass is 249 g/mol. The van der Waals surface area contributed by atoms with E-state index in [2.05, 4.69) is 4.74 Å². The number of halogens is 2. The van der Waals surface area contributed by atoms with Crippen LogP contribution in [0.15, 0.2) is 12.1 Å². The standard InChI is InChI=1S/C9H9Cl2NO3/c1-14-8(13)4-15-9-6(10)2-5(12)3-7(9)11/h2-3H,4,12H2,1H3. The highest BCUT2D eigenvalue weighted by Gasteiger charge is 2.10. The van der Waals surface area contributed by atoms with Crippen molar-refractivity contribution in [3.8, 4) is 5.75 Å². The number of anilines is 1. The maximum Gasteiger partial charge on any atom is 0.343 e. The molecule has 82 valence electrons. The van der Waals surface area contributed by atoms with Crippen LogP contribution in [0.1, 0.15) is 0 Å². The van der Waals surface area contributed by atoms with Gasteiger partial charge in [-0.1, -0.05) is 23.2 Å². The van der Waals surface area contributed by atoms with Crippen molar-refractivity contribution in [2.45, 2.75) is 0 Å². The summed E-state index contributed by atoms with van der Waals surface area (Å²) in [5.41, 5.74) is 5.92. The van der Waals surface area contributed by atoms with Crippen molar-refractivity contribution in [2.75, 3.05) is 19.5 Å². The first-order valence-corrected chi connectivity index (χ1v) is 4.74. The molecule has 0 amide bonds. The van der Waals surface area contributed by atoms with E-state index in [0.717, 1.165) is 0 Å². The Balaban J connectivity index is 2.81. The molecule has 0 aromatic heterocycles. The zero-order chi connectivity index (χ0) is 11.4. The van der Waals surface area contributed by atoms with Crippen LogP contribution in [0.3, 0.4) is 0 Å². The number of hydrogen-bond acceptors (Lipinski definition) is 4. The summed E-state index contributed by atoms with van der Waals surface area (Å²) in [6, 6.07) is 2.97. The Labute approximate surface area is 96.9 Å². The van der Waals surface area contributed by atoms with Gasteiger partial charge in [-0.15, -0.1) is 0 Å². The molecular weight excluding hydrogens is 241 g/mol. The van der Waals surface area contributed by atoms with E-state index in [0.29, 0.717) is 5.69 Å². The Hall–Kier alpha value is -1.13. The molecule has 15 heavy (non-hydrogen) atoms. The van der Waals surface area contributed by atoms with Crippen LogP contribution < -0.4 is 10.5 Å². The van der Waals surface area contributed by atoms with E-state index in [9.17, 15) is 4.79 Å². The Morgan fingerprint density at radius 1 is 1.40 bits per heavy atom. The zero-order valence-corrected chi connectivity index (χ0v) is 9.43. The number of benzene rings is 1. The molecule has 0 saturated heterocycles. The first-order valence-electron chi connectivity index (χ1n) is 3.98. The number of ether oxygens (including phenoxy) is 2. The maximum absolute atomic E-state index is 10.8. The minimum Gasteiger partial charge on any atom is -0.479 e. The van der Waals surface area contributed by atoms with E-state index < -0.39 is 5.97 Å². The summed E-state index contributed by atoms with van der Waals surface area (Å²) >= 11 is 11.6. The third-order valence-corrected chi connectivity index (χ3v) is 2.14. The number of hydrogen-bond donors (Lipinski definition) is 1. The van der Waals surface area contributed by atoms with Gasteiger partial charge in [0.15, 0.2) is 12.4 Å². The Bertz CT molecular complexity index is 359. The van der Waals surface area contributed by atoms with Gasteiger partial charge in [-0.25, -0.2) is 4.79 Å². The molecule has 2 N–H and O–H groups in total. The van der Waals surface area contributed by atoms with E-state index in [4.69, 9.17) is 33.7 Å². The molecule has 1 aromatic rings. The van der Waals surface area contributed by atoms with E-state index in [1.54, 1.807) is 0 Å². The van der Waals surface area contributed by atoms with E-state index in [1.807, 2.05) is 0 Å². The highest BCUT2D eigenvalue weighted by Crippen LogP contribution is 2.34. The second-order valence-corrected chi connectivity index (χ2v) is 3.49. The Morgan fingerprint density at radius 3 is 2.40 bits per heavy atom. The number of esters is 1. The van der Waals surface area contributed by atoms with Crippen LogP contribution >= 0.6 is 23.2 Å². The van der Waals surface area contributed by atoms with Crippen LogP contribution in [0, 0.1) is 0 Å². The molecule has 0 radical (unpaired) electrons. The molecule has 6 heteroatoms. The van der Waals surface area contributed by atoms with Crippen molar-refractivity contribution in [1.82, 2.24) is 0 Å². The lowest BCUT2D eigenvalue weighted by Crippen LogP contribution is -2.13. The van der Waals surface area contributed by atoms with Crippen molar-refractivity contribution >= 4 is 34.9 Å². The minimum absolute atomic E-state index is 0.220. The summed E-state index contributed by atoms with van der Waals surface area (Å²) in [7, 11) is 1.26. The van der Waals surface area contributed by atoms with Gasteiger partial charge in [-0.3, -0.25) is 0 Å². The largest absolute Gasteiger partial charge is 0.479 e. The molecule has 0 aliphatic rings. The number of carbonyl (C=O) groups excluding carboxylic acids is 1. The quantitative estimate of drug-likeness (QED) is 0.659. The van der Waals surface area contributed by atoms with Gasteiger partial charge in [0.1, 0.15) is 0 Å². The lowest BCUT2D eigenvalue weighted by Gasteiger charge is -2.09. The molecule has 4 nitrogen and oxygen atoms in total. The normalized spacial score (nSPS) is 9.80. The van der Waals surface area contributed by atoms with Crippen molar-refractivity contribution in [3.63, 3.8) is 0 Å². The summed E-state index contributed by atoms with van der Waals surface area (Å²) in [5.74, 6) is -0.295. The lowest BCUT2D eigenvalue weighted by molar-refractivity contribution is -0.142. The lowest BCUT2D eigenvalue weighted by atomic mass is 10.3. The molecule has 0 saturated carbocycles. The highest BCUT2D eigenvalue weighted by molar-refractivity contribution is 6.37. The van der Waals surface area contributed by atoms with Crippen LogP contribution in [-0.2, 0) is 9.53 Å². The van der Waals surface area contributed by atoms with Crippen molar-refractivity contribution in [3.05, 3.63) is 22.2 Å². The van der Waals surface area contributed by atoms with E-state index in [-0.39, 0.29) is 22.4 Å². The molecule has 0 bridgehead atoms. The van der Waals surface area contributed by atoms with Crippen LogP contribution in [-0.4, -0.2) is 19.7 Å². The third kappa shape index (κ3) is 3.18. The number of methoxy groups -OCH3 is 1. The van der Waals surface area contributed by atoms with Crippen molar-refractivity contribution in [2.24, 2.45) is 0 Å². The van der Waals surface area contributed by atoms with Crippen LogP contribution in [0.25, 0.3) is 0 Å². The van der Waals surface area contributed by atoms with Crippen molar-refractivity contribution in [1.29, 1.82) is 0 Å². The van der Waals surface area contributed by atoms with Gasteiger partial charge in [0.25, 0.3) is 0 Å². The number of nitrogens with two attached hydrogens (primary N) is 1. The fourth-order valence-electron chi connectivity index (χ4n) is 0.907. The summed E-state index contributed by atoms with van der Waals surface area (Å²) in [4.78, 5) is 10.8. The van der Waals surface area contributed by atoms with Crippen LogP contribution in [0.4, 0.5) is 5.69 Å². The molecule has 1 aromatic carbocycles. The number of nitrogen functional groups attached to an aromatic ring is 1. The smallest absolute Gasteiger partial charge is 0.343 e. The van der Waals surface area contributed by atoms with Gasteiger partial charge in [-0.2, -0.15) is 0 Å². The number of carbonyl (C=O) groups is 1. The molecule has 0 unspecified atom stereocenters. The molecule has 0 spiro atoms. The van der Waals surface area contributed by atoms with E-state index in [1.165, 1.54) is 19.2 Å². The molecule has 0 fully saturated rings. The van der Waals surface area contributed by atoms with E-state index >= 15 is 0 Å². The predicted octanol–water partition coefficient (Wildman–Crippen LogP) is 2.13. The van der Waals surface area contributed by atoms with Gasteiger partial charge in [0.05, 0.1) is 17.2 Å². The van der Waals surface area contributed by atoms with Gasteiger partial charge < -0.3 is 15.2 Å². The summed E-state index contributed by atoms with van der Waals surface area (Å²) < 4.78 is 9.48. The minimum atomic E-state index is -0.515. The number of rotatable bonds is 3. The first-order chi connectivity index (χ1) is 7.04. The molecular formula is C9H9Cl2NO3. The molecule has 0 heterocycles. The second-order valence-electron chi connectivity index (χ2n) is 2.68. The third-order valence-electron chi connectivity index (χ3n) is 1.58. The highest BCUT2D eigenvalue weighted by atomic mass is 35.5. The molecule has 0 atom stereocenters. The molecule has 1 rings (SSSR count). The topological polar surface area (TPSA) is 61.5 Å². The summed E-state index contributed by atoms with van der Waals surface area (Å²) in [6.45, 7) is -0.250. The molecule has 0 aliphatic carbocycles. The van der Waals surface area contributed by atoms with Crippen molar-refractivity contribution < 1.29 is 14.3 Å². The predicted molar refractivity (Wildman–Crippen MR) is 58.4 cm³/mol. The fourth-order valence-corrected chi connectivity index (χ4v) is 1.52. The zero-order valence-electron chi connectivity index (χ0n) is 7.92. The Morgan fingerprint density at radius 2 is 1.93 bits per heavy atom. The van der Waals surface area contributed by atoms with Gasteiger partial charge in [0, 0.05) is 5.69 Å². The summed E-state index contributed by atoms with van der Waals surface area (Å²) in [5, 5.41) is 0.507. The average Bonchev–Trinajstić information content (AvgIpc) is 2.15. The van der Waals surface area contributed by atoms with Gasteiger partial charge in [-0.05, 0) is 12.1 Å². The maximum atomic E-state index is 10.8. The van der Waals surface area contributed by atoms with Gasteiger partial charge in [0.2, 0.25) is 0 Å². The second kappa shape index (κ2) is 5.09. The molecule has 0 aliphatic heterocycles. The first kappa shape index (κ1) is 11.9.